The Labute approximate surface area is 160 Å². The molecule has 0 aliphatic rings. The molecule has 0 saturated carbocycles. The zero-order chi connectivity index (χ0) is 19.7. The maximum Gasteiger partial charge on any atom is 0.330 e. The van der Waals surface area contributed by atoms with Gasteiger partial charge in [0.25, 0.3) is 5.97 Å². The number of rotatable bonds is 18. The molecule has 0 spiro atoms. The fraction of sp³-hybridized carbons (Fsp3) is 0.857. The second-order valence-electron chi connectivity index (χ2n) is 6.32. The van der Waals surface area contributed by atoms with Crippen LogP contribution >= 0.6 is 0 Å². The molecular weight excluding hydrogens is 332 g/mol. The summed E-state index contributed by atoms with van der Waals surface area (Å²) in [6.07, 6.45) is 10.1. The highest BCUT2D eigenvalue weighted by Gasteiger charge is 2.41. The summed E-state index contributed by atoms with van der Waals surface area (Å²) in [5.74, 6) is -1.47. The minimum Gasteiger partial charge on any atom is -0.463 e. The average Bonchev–Trinajstić information content (AvgIpc) is 2.63. The summed E-state index contributed by atoms with van der Waals surface area (Å²) in [7, 11) is 0. The largest absolute Gasteiger partial charge is 0.463 e. The normalized spacial score (nSPS) is 12.8. The lowest BCUT2D eigenvalue weighted by Crippen LogP contribution is -2.47. The van der Waals surface area contributed by atoms with Gasteiger partial charge in [-0.05, 0) is 33.6 Å². The lowest BCUT2D eigenvalue weighted by atomic mass is 9.94. The Morgan fingerprint density at radius 3 is 1.92 bits per heavy atom. The third kappa shape index (κ3) is 10.3. The maximum atomic E-state index is 11.3. The number of hydrogen-bond acceptors (Lipinski definition) is 5. The molecule has 1 atom stereocenters. The fourth-order valence-corrected chi connectivity index (χ4v) is 3.11. The van der Waals surface area contributed by atoms with E-state index in [4.69, 9.17) is 18.9 Å². The quantitative estimate of drug-likeness (QED) is 0.143. The second kappa shape index (κ2) is 16.3. The van der Waals surface area contributed by atoms with Gasteiger partial charge in [-0.2, -0.15) is 0 Å². The fourth-order valence-electron chi connectivity index (χ4n) is 3.11. The number of carbonyl (C=O) groups excluding carboxylic acids is 1. The minimum absolute atomic E-state index is 0.00569. The molecule has 0 aliphatic carbocycles. The van der Waals surface area contributed by atoms with Crippen LogP contribution in [-0.2, 0) is 23.7 Å². The van der Waals surface area contributed by atoms with E-state index in [2.05, 4.69) is 13.5 Å². The SMILES string of the molecule is C=CC(=O)OCCC(CCCCCCCC)C(OCC)(OCC)OCC. The van der Waals surface area contributed by atoms with Crippen LogP contribution < -0.4 is 0 Å². The van der Waals surface area contributed by atoms with E-state index in [1.54, 1.807) is 0 Å². The number of carbonyl (C=O) groups is 1. The second-order valence-corrected chi connectivity index (χ2v) is 6.32. The van der Waals surface area contributed by atoms with Gasteiger partial charge >= 0.3 is 5.97 Å². The summed E-state index contributed by atoms with van der Waals surface area (Å²) < 4.78 is 23.0. The van der Waals surface area contributed by atoms with Crippen molar-refractivity contribution in [2.24, 2.45) is 5.92 Å². The van der Waals surface area contributed by atoms with Crippen molar-refractivity contribution in [1.29, 1.82) is 0 Å². The van der Waals surface area contributed by atoms with E-state index in [0.717, 1.165) is 12.8 Å². The topological polar surface area (TPSA) is 54.0 Å². The lowest BCUT2D eigenvalue weighted by molar-refractivity contribution is -0.403. The van der Waals surface area contributed by atoms with Gasteiger partial charge in [-0.15, -0.1) is 0 Å². The Bertz CT molecular complexity index is 339. The van der Waals surface area contributed by atoms with Crippen LogP contribution in [0.3, 0.4) is 0 Å². The van der Waals surface area contributed by atoms with E-state index in [9.17, 15) is 4.79 Å². The van der Waals surface area contributed by atoms with Crippen molar-refractivity contribution in [1.82, 2.24) is 0 Å². The first-order valence-electron chi connectivity index (χ1n) is 10.3. The molecule has 5 nitrogen and oxygen atoms in total. The van der Waals surface area contributed by atoms with E-state index in [1.165, 1.54) is 38.2 Å². The highest BCUT2D eigenvalue weighted by atomic mass is 16.9. The third-order valence-corrected chi connectivity index (χ3v) is 4.32. The van der Waals surface area contributed by atoms with Gasteiger partial charge in [-0.3, -0.25) is 0 Å². The Morgan fingerprint density at radius 1 is 0.885 bits per heavy atom. The van der Waals surface area contributed by atoms with Gasteiger partial charge in [0.15, 0.2) is 0 Å². The van der Waals surface area contributed by atoms with Crippen molar-refractivity contribution >= 4 is 5.97 Å². The molecule has 0 heterocycles. The zero-order valence-electron chi connectivity index (χ0n) is 17.4. The first-order valence-corrected chi connectivity index (χ1v) is 10.3. The van der Waals surface area contributed by atoms with Crippen molar-refractivity contribution in [2.45, 2.75) is 85.0 Å². The summed E-state index contributed by atoms with van der Waals surface area (Å²) in [6, 6.07) is 0. The Morgan fingerprint density at radius 2 is 1.42 bits per heavy atom. The predicted molar refractivity (Wildman–Crippen MR) is 105 cm³/mol. The standard InChI is InChI=1S/C21H40O5/c1-6-11-12-13-14-15-16-19(17-18-23-20(22)7-2)21(24-8-3,25-9-4)26-10-5/h7,19H,2,6,8-18H2,1,3-5H3. The van der Waals surface area contributed by atoms with Crippen LogP contribution in [0.2, 0.25) is 0 Å². The van der Waals surface area contributed by atoms with E-state index in [-0.39, 0.29) is 5.92 Å². The van der Waals surface area contributed by atoms with Crippen LogP contribution in [0.1, 0.15) is 79.1 Å². The summed E-state index contributed by atoms with van der Waals surface area (Å²) in [5.41, 5.74) is 0. The van der Waals surface area contributed by atoms with Crippen molar-refractivity contribution in [3.8, 4) is 0 Å². The Kier molecular flexibility index (Phi) is 15.7. The summed E-state index contributed by atoms with van der Waals surface area (Å²) in [4.78, 5) is 11.3. The molecule has 0 rings (SSSR count). The monoisotopic (exact) mass is 372 g/mol. The molecule has 0 N–H and O–H groups in total. The number of esters is 1. The van der Waals surface area contributed by atoms with E-state index >= 15 is 0 Å². The van der Waals surface area contributed by atoms with Gasteiger partial charge in [0, 0.05) is 31.8 Å². The number of unbranched alkanes of at least 4 members (excludes halogenated alkanes) is 5. The van der Waals surface area contributed by atoms with Crippen LogP contribution in [0.15, 0.2) is 12.7 Å². The van der Waals surface area contributed by atoms with E-state index in [0.29, 0.717) is 32.8 Å². The minimum atomic E-state index is -1.07. The smallest absolute Gasteiger partial charge is 0.330 e. The first kappa shape index (κ1) is 25.1. The van der Waals surface area contributed by atoms with Gasteiger partial charge < -0.3 is 18.9 Å². The molecule has 5 heteroatoms. The molecule has 1 unspecified atom stereocenters. The summed E-state index contributed by atoms with van der Waals surface area (Å²) >= 11 is 0. The van der Waals surface area contributed by atoms with E-state index in [1.807, 2.05) is 20.8 Å². The summed E-state index contributed by atoms with van der Waals surface area (Å²) in [5, 5.41) is 0. The molecule has 0 radical (unpaired) electrons. The molecule has 0 saturated heterocycles. The van der Waals surface area contributed by atoms with Crippen molar-refractivity contribution in [2.75, 3.05) is 26.4 Å². The molecule has 26 heavy (non-hydrogen) atoms. The van der Waals surface area contributed by atoms with Gasteiger partial charge in [0.1, 0.15) is 0 Å². The summed E-state index contributed by atoms with van der Waals surface area (Å²) in [6.45, 7) is 13.3. The van der Waals surface area contributed by atoms with Crippen LogP contribution in [0.25, 0.3) is 0 Å². The highest BCUT2D eigenvalue weighted by molar-refractivity contribution is 5.81. The van der Waals surface area contributed by atoms with Crippen molar-refractivity contribution < 1.29 is 23.7 Å². The van der Waals surface area contributed by atoms with Crippen LogP contribution in [-0.4, -0.2) is 38.4 Å². The molecular formula is C21H40O5. The molecule has 0 aromatic carbocycles. The maximum absolute atomic E-state index is 11.3. The molecule has 0 aliphatic heterocycles. The molecule has 154 valence electrons. The molecule has 0 amide bonds. The van der Waals surface area contributed by atoms with Gasteiger partial charge in [-0.25, -0.2) is 4.79 Å². The molecule has 0 aromatic rings. The molecule has 0 fully saturated rings. The Balaban J connectivity index is 4.90. The van der Waals surface area contributed by atoms with Crippen LogP contribution in [0, 0.1) is 5.92 Å². The first-order chi connectivity index (χ1) is 12.6. The van der Waals surface area contributed by atoms with Gasteiger partial charge in [0.2, 0.25) is 0 Å². The molecule has 0 bridgehead atoms. The van der Waals surface area contributed by atoms with Gasteiger partial charge in [0.05, 0.1) is 6.61 Å². The van der Waals surface area contributed by atoms with E-state index < -0.39 is 11.9 Å². The lowest BCUT2D eigenvalue weighted by Gasteiger charge is -2.39. The number of ether oxygens (including phenoxy) is 4. The third-order valence-electron chi connectivity index (χ3n) is 4.32. The zero-order valence-corrected chi connectivity index (χ0v) is 17.4. The Hall–Kier alpha value is -0.910. The van der Waals surface area contributed by atoms with Crippen molar-refractivity contribution in [3.63, 3.8) is 0 Å². The van der Waals surface area contributed by atoms with Crippen molar-refractivity contribution in [3.05, 3.63) is 12.7 Å². The van der Waals surface area contributed by atoms with Gasteiger partial charge in [-0.1, -0.05) is 52.0 Å². The molecule has 0 aromatic heterocycles. The average molecular weight is 373 g/mol. The van der Waals surface area contributed by atoms with Crippen LogP contribution in [0.5, 0.6) is 0 Å². The highest BCUT2D eigenvalue weighted by Crippen LogP contribution is 2.33. The van der Waals surface area contributed by atoms with Crippen LogP contribution in [0.4, 0.5) is 0 Å². The number of hydrogen-bond donors (Lipinski definition) is 0. The predicted octanol–water partition coefficient (Wildman–Crippen LogP) is 5.24.